The van der Waals surface area contributed by atoms with Crippen LogP contribution in [-0.2, 0) is 14.3 Å². The Kier molecular flexibility index (Phi) is 7.96. The maximum absolute atomic E-state index is 12.4. The van der Waals surface area contributed by atoms with Crippen molar-refractivity contribution in [3.05, 3.63) is 58.6 Å². The Hall–Kier alpha value is -2.44. The van der Waals surface area contributed by atoms with Crippen molar-refractivity contribution >= 4 is 47.0 Å². The minimum atomic E-state index is -0.975. The maximum Gasteiger partial charge on any atom is 0.331 e. The highest BCUT2D eigenvalue weighted by Crippen LogP contribution is 2.31. The van der Waals surface area contributed by atoms with Crippen molar-refractivity contribution in [2.75, 3.05) is 18.7 Å². The van der Waals surface area contributed by atoms with E-state index in [1.807, 2.05) is 37.4 Å². The van der Waals surface area contributed by atoms with Crippen LogP contribution in [0.2, 0.25) is 5.02 Å². The van der Waals surface area contributed by atoms with Crippen LogP contribution >= 0.6 is 23.4 Å². The zero-order valence-corrected chi connectivity index (χ0v) is 17.7. The summed E-state index contributed by atoms with van der Waals surface area (Å²) in [6, 6.07) is 11.1. The Morgan fingerprint density at radius 1 is 1.21 bits per heavy atom. The van der Waals surface area contributed by atoms with Crippen LogP contribution < -0.4 is 10.1 Å². The number of aryl methyl sites for hydroxylation is 1. The fourth-order valence-electron chi connectivity index (χ4n) is 2.31. The number of halogens is 1. The highest BCUT2D eigenvalue weighted by Gasteiger charge is 2.19. The summed E-state index contributed by atoms with van der Waals surface area (Å²) < 4.78 is 10.4. The molecule has 148 valence electrons. The van der Waals surface area contributed by atoms with Crippen LogP contribution in [0.1, 0.15) is 18.1 Å². The quantitative estimate of drug-likeness (QED) is 0.390. The summed E-state index contributed by atoms with van der Waals surface area (Å²) in [5.74, 6) is -0.641. The van der Waals surface area contributed by atoms with E-state index in [4.69, 9.17) is 21.1 Å². The van der Waals surface area contributed by atoms with Crippen molar-refractivity contribution in [2.45, 2.75) is 24.8 Å². The van der Waals surface area contributed by atoms with E-state index in [1.165, 1.54) is 20.1 Å². The Labute approximate surface area is 174 Å². The highest BCUT2D eigenvalue weighted by atomic mass is 35.5. The number of carbonyl (C=O) groups excluding carboxylic acids is 2. The lowest BCUT2D eigenvalue weighted by Gasteiger charge is -2.15. The number of thioether (sulfide) groups is 1. The molecule has 2 aromatic carbocycles. The van der Waals surface area contributed by atoms with Gasteiger partial charge in [-0.05, 0) is 55.5 Å². The van der Waals surface area contributed by atoms with E-state index in [1.54, 1.807) is 30.0 Å². The molecule has 0 radical (unpaired) electrons. The molecule has 0 fully saturated rings. The number of methoxy groups -OCH3 is 1. The summed E-state index contributed by atoms with van der Waals surface area (Å²) >= 11 is 7.71. The number of anilines is 1. The van der Waals surface area contributed by atoms with E-state index < -0.39 is 18.0 Å². The number of esters is 1. The van der Waals surface area contributed by atoms with Crippen LogP contribution in [0, 0.1) is 6.92 Å². The summed E-state index contributed by atoms with van der Waals surface area (Å²) in [7, 11) is 1.48. The number of nitrogens with one attached hydrogen (secondary N) is 1. The second-order valence-corrected chi connectivity index (χ2v) is 7.26. The molecule has 0 aromatic heterocycles. The van der Waals surface area contributed by atoms with Gasteiger partial charge in [0.1, 0.15) is 5.75 Å². The molecule has 2 aromatic rings. The van der Waals surface area contributed by atoms with Gasteiger partial charge in [-0.1, -0.05) is 23.7 Å². The SMILES string of the molecule is COc1cc(Cl)c(C)cc1NC(=O)[C@@H](C)OC(=O)/C=C/c1ccc(SC)cc1. The van der Waals surface area contributed by atoms with E-state index >= 15 is 0 Å². The number of hydrogen-bond acceptors (Lipinski definition) is 5. The predicted octanol–water partition coefficient (Wildman–Crippen LogP) is 4.96. The van der Waals surface area contributed by atoms with Crippen molar-refractivity contribution in [1.29, 1.82) is 0 Å². The van der Waals surface area contributed by atoms with Crippen molar-refractivity contribution in [3.8, 4) is 5.75 Å². The van der Waals surface area contributed by atoms with Gasteiger partial charge in [-0.2, -0.15) is 0 Å². The molecular weight excluding hydrogens is 398 g/mol. The predicted molar refractivity (Wildman–Crippen MR) is 114 cm³/mol. The highest BCUT2D eigenvalue weighted by molar-refractivity contribution is 7.98. The van der Waals surface area contributed by atoms with E-state index in [9.17, 15) is 9.59 Å². The summed E-state index contributed by atoms with van der Waals surface area (Å²) in [6.45, 7) is 3.32. The molecule has 0 spiro atoms. The largest absolute Gasteiger partial charge is 0.495 e. The third-order valence-corrected chi connectivity index (χ3v) is 5.08. The van der Waals surface area contributed by atoms with Gasteiger partial charge >= 0.3 is 5.97 Å². The summed E-state index contributed by atoms with van der Waals surface area (Å²) in [5, 5.41) is 3.23. The zero-order chi connectivity index (χ0) is 20.7. The van der Waals surface area contributed by atoms with Gasteiger partial charge in [0.2, 0.25) is 0 Å². The summed E-state index contributed by atoms with van der Waals surface area (Å²) in [6.07, 6.45) is 3.96. The van der Waals surface area contributed by atoms with E-state index in [2.05, 4.69) is 5.32 Å². The number of ether oxygens (including phenoxy) is 2. The lowest BCUT2D eigenvalue weighted by Crippen LogP contribution is -2.29. The molecule has 1 N–H and O–H groups in total. The molecule has 0 heterocycles. The van der Waals surface area contributed by atoms with Crippen molar-refractivity contribution in [1.82, 2.24) is 0 Å². The van der Waals surface area contributed by atoms with Crippen LogP contribution in [0.15, 0.2) is 47.4 Å². The molecule has 0 unspecified atom stereocenters. The molecule has 28 heavy (non-hydrogen) atoms. The molecule has 5 nitrogen and oxygen atoms in total. The topological polar surface area (TPSA) is 64.6 Å². The van der Waals surface area contributed by atoms with Crippen LogP contribution in [0.3, 0.4) is 0 Å². The third kappa shape index (κ3) is 6.04. The lowest BCUT2D eigenvalue weighted by molar-refractivity contribution is -0.148. The van der Waals surface area contributed by atoms with Gasteiger partial charge < -0.3 is 14.8 Å². The molecule has 1 atom stereocenters. The van der Waals surface area contributed by atoms with Gasteiger partial charge in [0, 0.05) is 22.1 Å². The number of carbonyl (C=O) groups is 2. The van der Waals surface area contributed by atoms with Gasteiger partial charge in [0.05, 0.1) is 12.8 Å². The molecular formula is C21H22ClNO4S. The standard InChI is InChI=1S/C21H22ClNO4S/c1-13-11-18(19(26-3)12-17(13)22)23-21(25)14(2)27-20(24)10-7-15-5-8-16(28-4)9-6-15/h5-12,14H,1-4H3,(H,23,25)/b10-7+/t14-/m1/s1. The van der Waals surface area contributed by atoms with Gasteiger partial charge in [0.15, 0.2) is 6.10 Å². The first-order valence-electron chi connectivity index (χ1n) is 8.51. The molecule has 0 bridgehead atoms. The van der Waals surface area contributed by atoms with Crippen LogP contribution in [0.5, 0.6) is 5.75 Å². The molecule has 0 saturated carbocycles. The average molecular weight is 420 g/mol. The smallest absolute Gasteiger partial charge is 0.331 e. The molecule has 7 heteroatoms. The summed E-state index contributed by atoms with van der Waals surface area (Å²) in [4.78, 5) is 25.5. The third-order valence-electron chi connectivity index (χ3n) is 3.93. The van der Waals surface area contributed by atoms with Gasteiger partial charge in [-0.15, -0.1) is 11.8 Å². The Bertz CT molecular complexity index is 881. The van der Waals surface area contributed by atoms with Crippen LogP contribution in [-0.4, -0.2) is 31.3 Å². The number of hydrogen-bond donors (Lipinski definition) is 1. The molecule has 2 rings (SSSR count). The lowest BCUT2D eigenvalue weighted by atomic mass is 10.2. The Balaban J connectivity index is 1.97. The Morgan fingerprint density at radius 3 is 2.50 bits per heavy atom. The Morgan fingerprint density at radius 2 is 1.89 bits per heavy atom. The minimum Gasteiger partial charge on any atom is -0.495 e. The van der Waals surface area contributed by atoms with Crippen LogP contribution in [0.25, 0.3) is 6.08 Å². The molecule has 0 aliphatic carbocycles. The van der Waals surface area contributed by atoms with E-state index in [-0.39, 0.29) is 0 Å². The summed E-state index contributed by atoms with van der Waals surface area (Å²) in [5.41, 5.74) is 2.12. The molecule has 0 aliphatic heterocycles. The van der Waals surface area contributed by atoms with Gasteiger partial charge in [0.25, 0.3) is 5.91 Å². The van der Waals surface area contributed by atoms with Crippen LogP contribution in [0.4, 0.5) is 5.69 Å². The fraction of sp³-hybridized carbons (Fsp3) is 0.238. The minimum absolute atomic E-state index is 0.427. The maximum atomic E-state index is 12.4. The molecule has 1 amide bonds. The molecule has 0 aliphatic rings. The second-order valence-electron chi connectivity index (χ2n) is 5.98. The van der Waals surface area contributed by atoms with Crippen molar-refractivity contribution in [2.24, 2.45) is 0 Å². The van der Waals surface area contributed by atoms with Gasteiger partial charge in [-0.3, -0.25) is 4.79 Å². The number of rotatable bonds is 7. The second kappa shape index (κ2) is 10.2. The van der Waals surface area contributed by atoms with Gasteiger partial charge in [-0.25, -0.2) is 4.79 Å². The fourth-order valence-corrected chi connectivity index (χ4v) is 2.87. The normalized spacial score (nSPS) is 11.9. The number of benzene rings is 2. The zero-order valence-electron chi connectivity index (χ0n) is 16.1. The van der Waals surface area contributed by atoms with Crippen molar-refractivity contribution < 1.29 is 19.1 Å². The van der Waals surface area contributed by atoms with E-state index in [0.29, 0.717) is 16.5 Å². The first-order valence-corrected chi connectivity index (χ1v) is 10.1. The van der Waals surface area contributed by atoms with Crippen molar-refractivity contribution in [3.63, 3.8) is 0 Å². The average Bonchev–Trinajstić information content (AvgIpc) is 2.69. The first-order chi connectivity index (χ1) is 13.3. The van der Waals surface area contributed by atoms with E-state index in [0.717, 1.165) is 16.0 Å². The first kappa shape index (κ1) is 21.9. The molecule has 0 saturated heterocycles. The monoisotopic (exact) mass is 419 g/mol. The number of amides is 1.